The molecule has 0 aromatic carbocycles. The van der Waals surface area contributed by atoms with Crippen LogP contribution in [0.4, 0.5) is 8.78 Å². The van der Waals surface area contributed by atoms with Crippen molar-refractivity contribution < 1.29 is 23.5 Å². The van der Waals surface area contributed by atoms with Crippen molar-refractivity contribution in [2.75, 3.05) is 0 Å². The van der Waals surface area contributed by atoms with Crippen LogP contribution < -0.4 is 5.73 Å². The van der Waals surface area contributed by atoms with Crippen molar-refractivity contribution in [1.82, 2.24) is 0 Å². The lowest BCUT2D eigenvalue weighted by molar-refractivity contribution is -0.171. The lowest BCUT2D eigenvalue weighted by atomic mass is 10.1. The normalized spacial score (nSPS) is 14.2. The fourth-order valence-electron chi connectivity index (χ4n) is 0.391. The molecule has 11 heavy (non-hydrogen) atoms. The van der Waals surface area contributed by atoms with Crippen LogP contribution in [0.2, 0.25) is 0 Å². The molecule has 0 saturated carbocycles. The van der Waals surface area contributed by atoms with Gasteiger partial charge in [0.2, 0.25) is 5.78 Å². The second kappa shape index (κ2) is 2.91. The van der Waals surface area contributed by atoms with Crippen LogP contribution in [0.15, 0.2) is 0 Å². The molecule has 3 N–H and O–H groups in total. The molecule has 0 aromatic rings. The van der Waals surface area contributed by atoms with Gasteiger partial charge in [0.25, 0.3) is 0 Å². The van der Waals surface area contributed by atoms with Gasteiger partial charge in [0, 0.05) is 0 Å². The molecule has 0 saturated heterocycles. The Labute approximate surface area is 61.0 Å². The van der Waals surface area contributed by atoms with Gasteiger partial charge in [0.15, 0.2) is 0 Å². The summed E-state index contributed by atoms with van der Waals surface area (Å²) < 4.78 is 24.3. The number of carbonyl (C=O) groups excluding carboxylic acids is 1. The summed E-state index contributed by atoms with van der Waals surface area (Å²) in [5, 5.41) is 7.83. The maximum atomic E-state index is 12.2. The van der Waals surface area contributed by atoms with Crippen molar-refractivity contribution in [3.63, 3.8) is 0 Å². The molecule has 0 aliphatic carbocycles. The third kappa shape index (κ3) is 1.94. The highest BCUT2D eigenvalue weighted by atomic mass is 19.3. The monoisotopic (exact) mass is 167 g/mol. The van der Waals surface area contributed by atoms with Crippen molar-refractivity contribution in [2.45, 2.75) is 18.9 Å². The second-order valence-corrected chi connectivity index (χ2v) is 2.03. The Balaban J connectivity index is 4.56. The third-order valence-corrected chi connectivity index (χ3v) is 0.992. The van der Waals surface area contributed by atoms with Crippen molar-refractivity contribution in [3.8, 4) is 0 Å². The molecule has 64 valence electrons. The fraction of sp³-hybridized carbons (Fsp3) is 0.600. The molecule has 0 amide bonds. The summed E-state index contributed by atoms with van der Waals surface area (Å²) in [6, 6.07) is -1.47. The highest BCUT2D eigenvalue weighted by Crippen LogP contribution is 2.15. The molecule has 0 aliphatic heterocycles. The lowest BCUT2D eigenvalue weighted by Gasteiger charge is -2.11. The van der Waals surface area contributed by atoms with E-state index in [0.29, 0.717) is 0 Å². The van der Waals surface area contributed by atoms with E-state index in [0.717, 1.165) is 6.92 Å². The second-order valence-electron chi connectivity index (χ2n) is 2.03. The zero-order valence-corrected chi connectivity index (χ0v) is 5.67. The highest BCUT2D eigenvalue weighted by molar-refractivity contribution is 6.06. The quantitative estimate of drug-likeness (QED) is 0.561. The zero-order chi connectivity index (χ0) is 9.23. The number of rotatable bonds is 3. The Kier molecular flexibility index (Phi) is 2.64. The van der Waals surface area contributed by atoms with Crippen LogP contribution in [0.5, 0.6) is 0 Å². The number of carboxylic acid groups (broad SMARTS) is 1. The number of carboxylic acids is 1. The number of Topliss-reactive ketones (excluding diaryl/α,β-unsaturated/α-hetero) is 1. The SMILES string of the molecule is C[C@H](N)C(=O)C(F)(F)C(=O)O. The molecular formula is C5H7F2NO3. The fourth-order valence-corrected chi connectivity index (χ4v) is 0.391. The van der Waals surface area contributed by atoms with E-state index in [4.69, 9.17) is 10.8 Å². The first-order valence-electron chi connectivity index (χ1n) is 2.71. The molecule has 0 aromatic heterocycles. The first-order valence-corrected chi connectivity index (χ1v) is 2.71. The molecule has 0 bridgehead atoms. The minimum atomic E-state index is -4.37. The van der Waals surface area contributed by atoms with Gasteiger partial charge in [0.05, 0.1) is 6.04 Å². The Morgan fingerprint density at radius 2 is 1.91 bits per heavy atom. The molecule has 0 spiro atoms. The van der Waals surface area contributed by atoms with E-state index in [1.807, 2.05) is 0 Å². The maximum absolute atomic E-state index is 12.2. The zero-order valence-electron chi connectivity index (χ0n) is 5.67. The van der Waals surface area contributed by atoms with Gasteiger partial charge in [-0.2, -0.15) is 8.78 Å². The van der Waals surface area contributed by atoms with E-state index in [9.17, 15) is 18.4 Å². The van der Waals surface area contributed by atoms with E-state index in [-0.39, 0.29) is 0 Å². The first-order chi connectivity index (χ1) is 4.80. The summed E-state index contributed by atoms with van der Waals surface area (Å²) in [7, 11) is 0. The molecule has 0 radical (unpaired) electrons. The summed E-state index contributed by atoms with van der Waals surface area (Å²) in [5.74, 6) is -8.63. The maximum Gasteiger partial charge on any atom is 0.401 e. The molecule has 0 unspecified atom stereocenters. The lowest BCUT2D eigenvalue weighted by Crippen LogP contribution is -2.46. The van der Waals surface area contributed by atoms with Crippen molar-refractivity contribution in [2.24, 2.45) is 5.73 Å². The molecule has 0 rings (SSSR count). The third-order valence-electron chi connectivity index (χ3n) is 0.992. The molecule has 1 atom stereocenters. The number of carbonyl (C=O) groups is 2. The molecule has 0 aliphatic rings. The predicted molar refractivity (Wildman–Crippen MR) is 31.2 cm³/mol. The number of alkyl halides is 2. The van der Waals surface area contributed by atoms with Crippen LogP contribution in [0.3, 0.4) is 0 Å². The van der Waals surface area contributed by atoms with E-state index >= 15 is 0 Å². The van der Waals surface area contributed by atoms with Crippen LogP contribution in [0.25, 0.3) is 0 Å². The van der Waals surface area contributed by atoms with Gasteiger partial charge >= 0.3 is 11.9 Å². The average Bonchev–Trinajstić information content (AvgIpc) is 1.85. The van der Waals surface area contributed by atoms with Gasteiger partial charge in [-0.1, -0.05) is 0 Å². The van der Waals surface area contributed by atoms with Gasteiger partial charge in [0.1, 0.15) is 0 Å². The van der Waals surface area contributed by atoms with E-state index < -0.39 is 23.7 Å². The largest absolute Gasteiger partial charge is 0.476 e. The Morgan fingerprint density at radius 3 is 2.00 bits per heavy atom. The van der Waals surface area contributed by atoms with E-state index in [1.54, 1.807) is 0 Å². The van der Waals surface area contributed by atoms with Crippen LogP contribution in [0, 0.1) is 0 Å². The number of hydrogen-bond acceptors (Lipinski definition) is 3. The first kappa shape index (κ1) is 9.96. The molecule has 6 heteroatoms. The minimum absolute atomic E-state index is 0.999. The smallest absolute Gasteiger partial charge is 0.401 e. The van der Waals surface area contributed by atoms with E-state index in [1.165, 1.54) is 0 Å². The van der Waals surface area contributed by atoms with Crippen LogP contribution in [-0.4, -0.2) is 28.8 Å². The topological polar surface area (TPSA) is 80.4 Å². The number of halogens is 2. The van der Waals surface area contributed by atoms with Crippen molar-refractivity contribution in [1.29, 1.82) is 0 Å². The van der Waals surface area contributed by atoms with Gasteiger partial charge in [-0.3, -0.25) is 4.79 Å². The number of hydrogen-bond donors (Lipinski definition) is 2. The molecule has 0 fully saturated rings. The summed E-state index contributed by atoms with van der Waals surface area (Å²) in [4.78, 5) is 20.1. The molecular weight excluding hydrogens is 160 g/mol. The van der Waals surface area contributed by atoms with Gasteiger partial charge < -0.3 is 10.8 Å². The summed E-state index contributed by atoms with van der Waals surface area (Å²) in [6.07, 6.45) is 0. The van der Waals surface area contributed by atoms with Crippen LogP contribution in [-0.2, 0) is 9.59 Å². The Morgan fingerprint density at radius 1 is 1.55 bits per heavy atom. The van der Waals surface area contributed by atoms with Crippen LogP contribution in [0.1, 0.15) is 6.92 Å². The van der Waals surface area contributed by atoms with Crippen molar-refractivity contribution >= 4 is 11.8 Å². The van der Waals surface area contributed by atoms with Crippen molar-refractivity contribution in [3.05, 3.63) is 0 Å². The standard InChI is InChI=1S/C5H7F2NO3/c1-2(8)3(9)5(6,7)4(10)11/h2H,8H2,1H3,(H,10,11)/t2-/m0/s1. The number of nitrogens with two attached hydrogens (primary N) is 1. The summed E-state index contributed by atoms with van der Waals surface area (Å²) in [5.41, 5.74) is 4.77. The predicted octanol–water partition coefficient (Wildman–Crippen LogP) is -0.377. The Bertz CT molecular complexity index is 190. The van der Waals surface area contributed by atoms with Gasteiger partial charge in [-0.25, -0.2) is 4.79 Å². The van der Waals surface area contributed by atoms with Gasteiger partial charge in [-0.15, -0.1) is 0 Å². The number of ketones is 1. The molecule has 0 heterocycles. The molecule has 4 nitrogen and oxygen atoms in total. The van der Waals surface area contributed by atoms with Gasteiger partial charge in [-0.05, 0) is 6.92 Å². The summed E-state index contributed by atoms with van der Waals surface area (Å²) >= 11 is 0. The van der Waals surface area contributed by atoms with Crippen LogP contribution >= 0.6 is 0 Å². The summed E-state index contributed by atoms with van der Waals surface area (Å²) in [6.45, 7) is 0.999. The number of aliphatic carboxylic acids is 1. The minimum Gasteiger partial charge on any atom is -0.476 e. The average molecular weight is 167 g/mol. The highest BCUT2D eigenvalue weighted by Gasteiger charge is 2.48. The van der Waals surface area contributed by atoms with E-state index in [2.05, 4.69) is 0 Å². The Hall–Kier alpha value is -1.04.